The van der Waals surface area contributed by atoms with Crippen molar-refractivity contribution < 1.29 is 4.39 Å². The van der Waals surface area contributed by atoms with Crippen LogP contribution in [0.3, 0.4) is 0 Å². The molecule has 0 bridgehead atoms. The minimum absolute atomic E-state index is 0.0440. The van der Waals surface area contributed by atoms with Gasteiger partial charge in [-0.15, -0.1) is 5.10 Å². The first-order chi connectivity index (χ1) is 10.1. The molecule has 2 aromatic heterocycles. The van der Waals surface area contributed by atoms with Crippen molar-refractivity contribution in [2.24, 2.45) is 0 Å². The Balaban J connectivity index is 2.15. The molecule has 0 radical (unpaired) electrons. The molecule has 0 saturated heterocycles. The predicted octanol–water partition coefficient (Wildman–Crippen LogP) is 1.50. The van der Waals surface area contributed by atoms with E-state index >= 15 is 0 Å². The van der Waals surface area contributed by atoms with Gasteiger partial charge in [0.15, 0.2) is 5.52 Å². The van der Waals surface area contributed by atoms with Crippen LogP contribution < -0.4 is 5.56 Å². The van der Waals surface area contributed by atoms with Crippen LogP contribution in [0.5, 0.6) is 0 Å². The van der Waals surface area contributed by atoms with Gasteiger partial charge in [0.05, 0.1) is 12.2 Å². The smallest absolute Gasteiger partial charge is 0.265 e. The van der Waals surface area contributed by atoms with Gasteiger partial charge in [-0.2, -0.15) is 5.10 Å². The number of hydrogen-bond acceptors (Lipinski definition) is 4. The number of aromatic nitrogens is 5. The largest absolute Gasteiger partial charge is 0.296 e. The molecule has 0 aliphatic rings. The van der Waals surface area contributed by atoms with E-state index < -0.39 is 0 Å². The second kappa shape index (κ2) is 5.08. The van der Waals surface area contributed by atoms with Gasteiger partial charge in [0, 0.05) is 12.1 Å². The van der Waals surface area contributed by atoms with Gasteiger partial charge in [0.1, 0.15) is 11.3 Å². The maximum Gasteiger partial charge on any atom is 0.296 e. The third-order valence-electron chi connectivity index (χ3n) is 3.36. The van der Waals surface area contributed by atoms with Crippen LogP contribution in [0, 0.1) is 12.7 Å². The highest BCUT2D eigenvalue weighted by molar-refractivity contribution is 5.75. The van der Waals surface area contributed by atoms with Gasteiger partial charge in [0.2, 0.25) is 0 Å². The fourth-order valence-electron chi connectivity index (χ4n) is 2.29. The van der Waals surface area contributed by atoms with Crippen LogP contribution in [-0.2, 0) is 13.1 Å². The molecule has 0 atom stereocenters. The maximum absolute atomic E-state index is 13.7. The van der Waals surface area contributed by atoms with Gasteiger partial charge in [-0.1, -0.05) is 23.4 Å². The van der Waals surface area contributed by atoms with Crippen LogP contribution in [0.1, 0.15) is 18.2 Å². The summed E-state index contributed by atoms with van der Waals surface area (Å²) in [5.74, 6) is -0.369. The minimum atomic E-state index is -0.369. The molecule has 0 aliphatic carbocycles. The first kappa shape index (κ1) is 13.4. The number of fused-ring (bicyclic) bond motifs is 1. The van der Waals surface area contributed by atoms with E-state index in [9.17, 15) is 9.18 Å². The number of aryl methyl sites for hydroxylation is 2. The molecule has 7 heteroatoms. The molecule has 3 rings (SSSR count). The van der Waals surface area contributed by atoms with Gasteiger partial charge in [-0.25, -0.2) is 9.07 Å². The Morgan fingerprint density at radius 1 is 1.24 bits per heavy atom. The molecule has 0 fully saturated rings. The second-order valence-electron chi connectivity index (χ2n) is 4.74. The average molecular weight is 287 g/mol. The SMILES string of the molecule is CCn1nc(C)c2nnn(Cc3ccccc3F)c(=O)c21. The molecule has 21 heavy (non-hydrogen) atoms. The lowest BCUT2D eigenvalue weighted by atomic mass is 10.2. The zero-order valence-corrected chi connectivity index (χ0v) is 11.7. The standard InChI is InChI=1S/C14H14FN5O/c1-3-19-13-12(9(2)17-19)16-18-20(14(13)21)8-10-6-4-5-7-11(10)15/h4-7H,3,8H2,1-2H3. The Bertz CT molecular complexity index is 867. The first-order valence-corrected chi connectivity index (χ1v) is 6.66. The van der Waals surface area contributed by atoms with E-state index in [0.29, 0.717) is 28.8 Å². The summed E-state index contributed by atoms with van der Waals surface area (Å²) >= 11 is 0. The molecular formula is C14H14FN5O. The van der Waals surface area contributed by atoms with Gasteiger partial charge >= 0.3 is 0 Å². The van der Waals surface area contributed by atoms with Gasteiger partial charge in [-0.3, -0.25) is 9.48 Å². The summed E-state index contributed by atoms with van der Waals surface area (Å²) in [4.78, 5) is 12.5. The Labute approximate surface area is 119 Å². The summed E-state index contributed by atoms with van der Waals surface area (Å²) in [6.07, 6.45) is 0. The Kier molecular flexibility index (Phi) is 3.25. The topological polar surface area (TPSA) is 65.6 Å². The summed E-state index contributed by atoms with van der Waals surface area (Å²) in [5, 5.41) is 12.2. The molecule has 0 spiro atoms. The molecule has 1 aromatic carbocycles. The van der Waals surface area contributed by atoms with Crippen LogP contribution in [0.15, 0.2) is 29.1 Å². The van der Waals surface area contributed by atoms with E-state index in [4.69, 9.17) is 0 Å². The van der Waals surface area contributed by atoms with Crippen LogP contribution in [0.25, 0.3) is 11.0 Å². The van der Waals surface area contributed by atoms with E-state index in [1.165, 1.54) is 6.07 Å². The molecule has 0 saturated carbocycles. The number of benzene rings is 1. The summed E-state index contributed by atoms with van der Waals surface area (Å²) in [6.45, 7) is 4.28. The van der Waals surface area contributed by atoms with Crippen LogP contribution >= 0.6 is 0 Å². The van der Waals surface area contributed by atoms with Crippen molar-refractivity contribution in [2.75, 3.05) is 0 Å². The van der Waals surface area contributed by atoms with Crippen molar-refractivity contribution in [1.82, 2.24) is 24.8 Å². The lowest BCUT2D eigenvalue weighted by molar-refractivity contribution is 0.554. The van der Waals surface area contributed by atoms with Crippen molar-refractivity contribution in [1.29, 1.82) is 0 Å². The molecule has 0 N–H and O–H groups in total. The molecule has 2 heterocycles. The van der Waals surface area contributed by atoms with Crippen molar-refractivity contribution >= 4 is 11.0 Å². The fraction of sp³-hybridized carbons (Fsp3) is 0.286. The molecule has 6 nitrogen and oxygen atoms in total. The van der Waals surface area contributed by atoms with E-state index in [1.54, 1.807) is 29.8 Å². The third kappa shape index (κ3) is 2.20. The summed E-state index contributed by atoms with van der Waals surface area (Å²) in [5.41, 5.74) is 1.64. The lowest BCUT2D eigenvalue weighted by Crippen LogP contribution is -2.26. The van der Waals surface area contributed by atoms with E-state index in [-0.39, 0.29) is 17.9 Å². The summed E-state index contributed by atoms with van der Waals surface area (Å²) in [6, 6.07) is 6.30. The number of halogens is 1. The number of rotatable bonds is 3. The Morgan fingerprint density at radius 2 is 2.00 bits per heavy atom. The number of nitrogens with zero attached hydrogens (tertiary/aromatic N) is 5. The highest BCUT2D eigenvalue weighted by atomic mass is 19.1. The highest BCUT2D eigenvalue weighted by Gasteiger charge is 2.15. The quantitative estimate of drug-likeness (QED) is 0.732. The fourth-order valence-corrected chi connectivity index (χ4v) is 2.29. The van der Waals surface area contributed by atoms with Crippen molar-refractivity contribution in [3.05, 3.63) is 51.7 Å². The molecule has 0 unspecified atom stereocenters. The zero-order valence-electron chi connectivity index (χ0n) is 11.7. The zero-order chi connectivity index (χ0) is 15.0. The van der Waals surface area contributed by atoms with Crippen molar-refractivity contribution in [2.45, 2.75) is 26.9 Å². The number of hydrogen-bond donors (Lipinski definition) is 0. The van der Waals surface area contributed by atoms with E-state index in [2.05, 4.69) is 15.4 Å². The molecule has 108 valence electrons. The summed E-state index contributed by atoms with van der Waals surface area (Å²) < 4.78 is 16.4. The van der Waals surface area contributed by atoms with E-state index in [0.717, 1.165) is 4.68 Å². The molecule has 0 amide bonds. The average Bonchev–Trinajstić information content (AvgIpc) is 2.81. The van der Waals surface area contributed by atoms with Gasteiger partial charge in [-0.05, 0) is 19.9 Å². The molecule has 0 aliphatic heterocycles. The third-order valence-corrected chi connectivity index (χ3v) is 3.36. The van der Waals surface area contributed by atoms with Crippen LogP contribution in [-0.4, -0.2) is 24.8 Å². The second-order valence-corrected chi connectivity index (χ2v) is 4.74. The lowest BCUT2D eigenvalue weighted by Gasteiger charge is -2.05. The van der Waals surface area contributed by atoms with Gasteiger partial charge in [0.25, 0.3) is 5.56 Å². The molecular weight excluding hydrogens is 273 g/mol. The predicted molar refractivity (Wildman–Crippen MR) is 75.5 cm³/mol. The normalized spacial score (nSPS) is 11.2. The Hall–Kier alpha value is -2.57. The first-order valence-electron chi connectivity index (χ1n) is 6.66. The van der Waals surface area contributed by atoms with Crippen LogP contribution in [0.4, 0.5) is 4.39 Å². The van der Waals surface area contributed by atoms with Crippen molar-refractivity contribution in [3.63, 3.8) is 0 Å². The maximum atomic E-state index is 13.7. The minimum Gasteiger partial charge on any atom is -0.265 e. The van der Waals surface area contributed by atoms with E-state index in [1.807, 2.05) is 6.92 Å². The highest BCUT2D eigenvalue weighted by Crippen LogP contribution is 2.11. The monoisotopic (exact) mass is 287 g/mol. The van der Waals surface area contributed by atoms with Crippen LogP contribution in [0.2, 0.25) is 0 Å². The molecule has 3 aromatic rings. The Morgan fingerprint density at radius 3 is 2.71 bits per heavy atom. The summed E-state index contributed by atoms with van der Waals surface area (Å²) in [7, 11) is 0. The van der Waals surface area contributed by atoms with Crippen molar-refractivity contribution in [3.8, 4) is 0 Å². The van der Waals surface area contributed by atoms with Gasteiger partial charge < -0.3 is 0 Å².